The standard InChI is InChI=1S/C9H20O4/c1-8(3-4-10)13-7-9(2,5-11)6-12/h8,10-12H,3-7H2,1-2H3. The quantitative estimate of drug-likeness (QED) is 0.521. The van der Waals surface area contributed by atoms with Crippen LogP contribution >= 0.6 is 0 Å². The first-order valence-corrected chi connectivity index (χ1v) is 4.52. The molecule has 4 heteroatoms. The minimum atomic E-state index is -0.580. The van der Waals surface area contributed by atoms with Gasteiger partial charge in [-0.1, -0.05) is 6.92 Å². The minimum absolute atomic E-state index is 0.0394. The van der Waals surface area contributed by atoms with E-state index in [2.05, 4.69) is 0 Å². The normalized spacial score (nSPS) is 14.5. The summed E-state index contributed by atoms with van der Waals surface area (Å²) in [6.45, 7) is 3.80. The molecule has 3 N–H and O–H groups in total. The fourth-order valence-electron chi connectivity index (χ4n) is 0.750. The van der Waals surface area contributed by atoms with Gasteiger partial charge in [0.05, 0.1) is 25.9 Å². The van der Waals surface area contributed by atoms with Crippen molar-refractivity contribution in [2.24, 2.45) is 5.41 Å². The van der Waals surface area contributed by atoms with Crippen molar-refractivity contribution >= 4 is 0 Å². The Morgan fingerprint density at radius 1 is 1.23 bits per heavy atom. The third-order valence-corrected chi connectivity index (χ3v) is 2.02. The Kier molecular flexibility index (Phi) is 6.24. The van der Waals surface area contributed by atoms with Crippen LogP contribution in [0.1, 0.15) is 20.3 Å². The van der Waals surface area contributed by atoms with Crippen LogP contribution in [0.2, 0.25) is 0 Å². The van der Waals surface area contributed by atoms with Gasteiger partial charge in [0.2, 0.25) is 0 Å². The van der Waals surface area contributed by atoms with Crippen LogP contribution in [0.4, 0.5) is 0 Å². The smallest absolute Gasteiger partial charge is 0.0569 e. The number of hydrogen-bond acceptors (Lipinski definition) is 4. The number of rotatable bonds is 7. The van der Waals surface area contributed by atoms with Crippen molar-refractivity contribution in [1.29, 1.82) is 0 Å². The maximum Gasteiger partial charge on any atom is 0.0569 e. The first-order valence-electron chi connectivity index (χ1n) is 4.52. The third kappa shape index (κ3) is 5.21. The van der Waals surface area contributed by atoms with Gasteiger partial charge in [0.25, 0.3) is 0 Å². The fraction of sp³-hybridized carbons (Fsp3) is 1.00. The van der Waals surface area contributed by atoms with E-state index in [-0.39, 0.29) is 25.9 Å². The average Bonchev–Trinajstić information content (AvgIpc) is 2.15. The SMILES string of the molecule is CC(CCO)OCC(C)(CO)CO. The van der Waals surface area contributed by atoms with Gasteiger partial charge in [0.1, 0.15) is 0 Å². The van der Waals surface area contributed by atoms with Crippen molar-refractivity contribution in [2.45, 2.75) is 26.4 Å². The maximum atomic E-state index is 8.94. The van der Waals surface area contributed by atoms with Crippen LogP contribution in [-0.4, -0.2) is 47.9 Å². The second-order valence-electron chi connectivity index (χ2n) is 3.76. The molecule has 0 aromatic carbocycles. The van der Waals surface area contributed by atoms with Gasteiger partial charge in [-0.2, -0.15) is 0 Å². The summed E-state index contributed by atoms with van der Waals surface area (Å²) in [5, 5.41) is 26.5. The Morgan fingerprint density at radius 2 is 1.77 bits per heavy atom. The predicted molar refractivity (Wildman–Crippen MR) is 49.4 cm³/mol. The molecule has 0 radical (unpaired) electrons. The Bertz CT molecular complexity index is 123. The van der Waals surface area contributed by atoms with Crippen LogP contribution in [0.25, 0.3) is 0 Å². The highest BCUT2D eigenvalue weighted by Crippen LogP contribution is 2.15. The summed E-state index contributed by atoms with van der Waals surface area (Å²) in [5.74, 6) is 0. The first kappa shape index (κ1) is 12.8. The topological polar surface area (TPSA) is 69.9 Å². The van der Waals surface area contributed by atoms with Crippen molar-refractivity contribution in [3.8, 4) is 0 Å². The molecule has 0 aliphatic carbocycles. The molecule has 0 fully saturated rings. The molecule has 0 aromatic heterocycles. The molecule has 1 unspecified atom stereocenters. The monoisotopic (exact) mass is 192 g/mol. The van der Waals surface area contributed by atoms with E-state index in [1.54, 1.807) is 6.92 Å². The van der Waals surface area contributed by atoms with Crippen LogP contribution in [-0.2, 0) is 4.74 Å². The van der Waals surface area contributed by atoms with Gasteiger partial charge >= 0.3 is 0 Å². The van der Waals surface area contributed by atoms with Gasteiger partial charge in [-0.05, 0) is 13.3 Å². The molecule has 0 heterocycles. The van der Waals surface area contributed by atoms with Gasteiger partial charge in [-0.25, -0.2) is 0 Å². The summed E-state index contributed by atoms with van der Waals surface area (Å²) >= 11 is 0. The van der Waals surface area contributed by atoms with Crippen molar-refractivity contribution in [3.63, 3.8) is 0 Å². The van der Waals surface area contributed by atoms with Crippen LogP contribution in [0.3, 0.4) is 0 Å². The van der Waals surface area contributed by atoms with Gasteiger partial charge in [0, 0.05) is 12.0 Å². The van der Waals surface area contributed by atoms with E-state index in [4.69, 9.17) is 20.1 Å². The zero-order valence-corrected chi connectivity index (χ0v) is 8.36. The Morgan fingerprint density at radius 3 is 2.15 bits per heavy atom. The maximum absolute atomic E-state index is 8.94. The second kappa shape index (κ2) is 6.32. The van der Waals surface area contributed by atoms with E-state index < -0.39 is 5.41 Å². The minimum Gasteiger partial charge on any atom is -0.396 e. The number of ether oxygens (including phenoxy) is 1. The van der Waals surface area contributed by atoms with E-state index in [0.29, 0.717) is 13.0 Å². The van der Waals surface area contributed by atoms with E-state index >= 15 is 0 Å². The lowest BCUT2D eigenvalue weighted by atomic mass is 9.94. The largest absolute Gasteiger partial charge is 0.396 e. The molecule has 0 spiro atoms. The number of hydrogen-bond donors (Lipinski definition) is 3. The Labute approximate surface area is 79.2 Å². The molecule has 0 aliphatic heterocycles. The van der Waals surface area contributed by atoms with E-state index in [9.17, 15) is 0 Å². The lowest BCUT2D eigenvalue weighted by Crippen LogP contribution is -2.33. The van der Waals surface area contributed by atoms with E-state index in [0.717, 1.165) is 0 Å². The van der Waals surface area contributed by atoms with Gasteiger partial charge < -0.3 is 20.1 Å². The third-order valence-electron chi connectivity index (χ3n) is 2.02. The van der Waals surface area contributed by atoms with Crippen LogP contribution < -0.4 is 0 Å². The first-order chi connectivity index (χ1) is 6.08. The average molecular weight is 192 g/mol. The lowest BCUT2D eigenvalue weighted by molar-refractivity contribution is -0.0474. The van der Waals surface area contributed by atoms with Crippen molar-refractivity contribution < 1.29 is 20.1 Å². The van der Waals surface area contributed by atoms with Crippen molar-refractivity contribution in [2.75, 3.05) is 26.4 Å². The molecular weight excluding hydrogens is 172 g/mol. The van der Waals surface area contributed by atoms with Crippen LogP contribution in [0, 0.1) is 5.41 Å². The summed E-state index contributed by atoms with van der Waals surface area (Å²) in [7, 11) is 0. The molecule has 0 rings (SSSR count). The highest BCUT2D eigenvalue weighted by atomic mass is 16.5. The molecule has 0 amide bonds. The number of aliphatic hydroxyl groups excluding tert-OH is 3. The van der Waals surface area contributed by atoms with E-state index in [1.807, 2.05) is 6.92 Å². The zero-order chi connectivity index (χ0) is 10.3. The van der Waals surface area contributed by atoms with E-state index in [1.165, 1.54) is 0 Å². The molecule has 0 aliphatic rings. The zero-order valence-electron chi connectivity index (χ0n) is 8.36. The van der Waals surface area contributed by atoms with Crippen LogP contribution in [0.5, 0.6) is 0 Å². The Hall–Kier alpha value is -0.160. The highest BCUT2D eigenvalue weighted by Gasteiger charge is 2.23. The van der Waals surface area contributed by atoms with Gasteiger partial charge in [0.15, 0.2) is 0 Å². The highest BCUT2D eigenvalue weighted by molar-refractivity contribution is 4.71. The molecular formula is C9H20O4. The summed E-state index contributed by atoms with van der Waals surface area (Å²) < 4.78 is 5.35. The predicted octanol–water partition coefficient (Wildman–Crippen LogP) is -0.235. The second-order valence-corrected chi connectivity index (χ2v) is 3.76. The van der Waals surface area contributed by atoms with Crippen molar-refractivity contribution in [1.82, 2.24) is 0 Å². The molecule has 80 valence electrons. The number of aliphatic hydroxyl groups is 3. The summed E-state index contributed by atoms with van der Waals surface area (Å²) in [5.41, 5.74) is -0.580. The Balaban J connectivity index is 3.71. The molecule has 13 heavy (non-hydrogen) atoms. The lowest BCUT2D eigenvalue weighted by Gasteiger charge is -2.26. The molecule has 4 nitrogen and oxygen atoms in total. The molecule has 0 bridgehead atoms. The summed E-state index contributed by atoms with van der Waals surface area (Å²) in [6, 6.07) is 0. The fourth-order valence-corrected chi connectivity index (χ4v) is 0.750. The van der Waals surface area contributed by atoms with Crippen molar-refractivity contribution in [3.05, 3.63) is 0 Å². The summed E-state index contributed by atoms with van der Waals surface area (Å²) in [4.78, 5) is 0. The molecule has 1 atom stereocenters. The summed E-state index contributed by atoms with van der Waals surface area (Å²) in [6.07, 6.45) is 0.537. The molecule has 0 aromatic rings. The molecule has 0 saturated heterocycles. The van der Waals surface area contributed by atoms with Gasteiger partial charge in [-0.15, -0.1) is 0 Å². The van der Waals surface area contributed by atoms with Crippen LogP contribution in [0.15, 0.2) is 0 Å². The molecule has 0 saturated carbocycles. The van der Waals surface area contributed by atoms with Gasteiger partial charge in [-0.3, -0.25) is 0 Å².